The number of carboxylic acid groups (broad SMARTS) is 1. The van der Waals surface area contributed by atoms with Crippen LogP contribution in [0.25, 0.3) is 0 Å². The summed E-state index contributed by atoms with van der Waals surface area (Å²) in [5.41, 5.74) is -0.187. The van der Waals surface area contributed by atoms with Gasteiger partial charge in [0.1, 0.15) is 5.82 Å². The molecule has 18 heavy (non-hydrogen) atoms. The van der Waals surface area contributed by atoms with Gasteiger partial charge in [-0.3, -0.25) is 0 Å². The van der Waals surface area contributed by atoms with Crippen molar-refractivity contribution in [1.29, 1.82) is 0 Å². The SMILES string of the molecule is O=C(O)c1cc(F)ccc1COCCC(F)(F)F. The Kier molecular flexibility index (Phi) is 4.66. The molecule has 0 unspecified atom stereocenters. The third kappa shape index (κ3) is 4.70. The van der Waals surface area contributed by atoms with Gasteiger partial charge in [0.2, 0.25) is 0 Å². The third-order valence-electron chi connectivity index (χ3n) is 2.09. The van der Waals surface area contributed by atoms with E-state index in [4.69, 9.17) is 9.84 Å². The van der Waals surface area contributed by atoms with E-state index in [1.807, 2.05) is 0 Å². The van der Waals surface area contributed by atoms with Crippen molar-refractivity contribution >= 4 is 5.97 Å². The van der Waals surface area contributed by atoms with Crippen LogP contribution in [0.4, 0.5) is 17.6 Å². The molecular formula is C11H10F4O3. The van der Waals surface area contributed by atoms with Gasteiger partial charge in [-0.25, -0.2) is 9.18 Å². The minimum Gasteiger partial charge on any atom is -0.478 e. The second-order valence-electron chi connectivity index (χ2n) is 3.52. The van der Waals surface area contributed by atoms with Crippen LogP contribution in [0.15, 0.2) is 18.2 Å². The van der Waals surface area contributed by atoms with E-state index in [1.54, 1.807) is 0 Å². The minimum absolute atomic E-state index is 0.131. The monoisotopic (exact) mass is 266 g/mol. The van der Waals surface area contributed by atoms with Gasteiger partial charge in [0.15, 0.2) is 0 Å². The highest BCUT2D eigenvalue weighted by Crippen LogP contribution is 2.20. The minimum atomic E-state index is -4.32. The van der Waals surface area contributed by atoms with Gasteiger partial charge in [-0.2, -0.15) is 13.2 Å². The number of hydrogen-bond donors (Lipinski definition) is 1. The van der Waals surface area contributed by atoms with Gasteiger partial charge < -0.3 is 9.84 Å². The molecular weight excluding hydrogens is 256 g/mol. The molecule has 0 aliphatic rings. The Labute approximate surface area is 100.0 Å². The van der Waals surface area contributed by atoms with E-state index in [9.17, 15) is 22.4 Å². The maximum absolute atomic E-state index is 12.8. The first-order valence-corrected chi connectivity index (χ1v) is 4.96. The molecule has 7 heteroatoms. The highest BCUT2D eigenvalue weighted by molar-refractivity contribution is 5.89. The molecule has 0 radical (unpaired) electrons. The molecule has 1 aromatic carbocycles. The third-order valence-corrected chi connectivity index (χ3v) is 2.09. The standard InChI is InChI=1S/C11H10F4O3/c12-8-2-1-7(9(5-8)10(16)17)6-18-4-3-11(13,14)15/h1-2,5H,3-4,6H2,(H,16,17). The van der Waals surface area contributed by atoms with Crippen LogP contribution in [0.1, 0.15) is 22.3 Å². The van der Waals surface area contributed by atoms with Crippen molar-refractivity contribution in [1.82, 2.24) is 0 Å². The first kappa shape index (κ1) is 14.4. The highest BCUT2D eigenvalue weighted by atomic mass is 19.4. The summed E-state index contributed by atoms with van der Waals surface area (Å²) in [5, 5.41) is 8.77. The maximum Gasteiger partial charge on any atom is 0.391 e. The van der Waals surface area contributed by atoms with E-state index < -0.39 is 31.0 Å². The molecule has 0 aromatic heterocycles. The molecule has 0 fully saturated rings. The topological polar surface area (TPSA) is 46.5 Å². The van der Waals surface area contributed by atoms with Crippen molar-refractivity contribution in [2.75, 3.05) is 6.61 Å². The quantitative estimate of drug-likeness (QED) is 0.658. The maximum atomic E-state index is 12.8. The molecule has 0 heterocycles. The smallest absolute Gasteiger partial charge is 0.391 e. The summed E-state index contributed by atoms with van der Waals surface area (Å²) >= 11 is 0. The number of hydrogen-bond acceptors (Lipinski definition) is 2. The molecule has 100 valence electrons. The lowest BCUT2D eigenvalue weighted by molar-refractivity contribution is -0.146. The lowest BCUT2D eigenvalue weighted by Crippen LogP contribution is -2.12. The van der Waals surface area contributed by atoms with Crippen LogP contribution < -0.4 is 0 Å². The average Bonchev–Trinajstić information content (AvgIpc) is 2.24. The molecule has 1 aromatic rings. The Hall–Kier alpha value is -1.63. The molecule has 3 nitrogen and oxygen atoms in total. The number of carbonyl (C=O) groups is 1. The molecule has 0 aliphatic heterocycles. The molecule has 0 saturated carbocycles. The summed E-state index contributed by atoms with van der Waals surface area (Å²) in [4.78, 5) is 10.8. The Morgan fingerprint density at radius 1 is 1.33 bits per heavy atom. The van der Waals surface area contributed by atoms with Crippen LogP contribution in [0.2, 0.25) is 0 Å². The summed E-state index contributed by atoms with van der Waals surface area (Å²) < 4.78 is 53.0. The average molecular weight is 266 g/mol. The van der Waals surface area contributed by atoms with Crippen LogP contribution in [0.3, 0.4) is 0 Å². The first-order chi connectivity index (χ1) is 8.29. The van der Waals surface area contributed by atoms with Gasteiger partial charge in [-0.1, -0.05) is 6.07 Å². The van der Waals surface area contributed by atoms with E-state index in [2.05, 4.69) is 0 Å². The highest BCUT2D eigenvalue weighted by Gasteiger charge is 2.26. The fourth-order valence-electron chi connectivity index (χ4n) is 1.24. The first-order valence-electron chi connectivity index (χ1n) is 4.96. The van der Waals surface area contributed by atoms with Crippen LogP contribution in [0.5, 0.6) is 0 Å². The van der Waals surface area contributed by atoms with Gasteiger partial charge in [-0.15, -0.1) is 0 Å². The molecule has 0 spiro atoms. The van der Waals surface area contributed by atoms with Crippen molar-refractivity contribution in [3.05, 3.63) is 35.1 Å². The van der Waals surface area contributed by atoms with Crippen molar-refractivity contribution in [2.45, 2.75) is 19.2 Å². The lowest BCUT2D eigenvalue weighted by atomic mass is 10.1. The molecule has 0 bridgehead atoms. The van der Waals surface area contributed by atoms with Crippen LogP contribution >= 0.6 is 0 Å². The predicted octanol–water partition coefficient (Wildman–Crippen LogP) is 2.99. The summed E-state index contributed by atoms with van der Waals surface area (Å²) in [6.07, 6.45) is -5.44. The summed E-state index contributed by atoms with van der Waals surface area (Å²) in [7, 11) is 0. The van der Waals surface area contributed by atoms with E-state index in [-0.39, 0.29) is 17.7 Å². The number of benzene rings is 1. The number of rotatable bonds is 5. The lowest BCUT2D eigenvalue weighted by Gasteiger charge is -2.09. The normalized spacial score (nSPS) is 11.6. The Morgan fingerprint density at radius 3 is 2.56 bits per heavy atom. The van der Waals surface area contributed by atoms with E-state index in [0.717, 1.165) is 12.1 Å². The van der Waals surface area contributed by atoms with Crippen molar-refractivity contribution in [2.24, 2.45) is 0 Å². The Bertz CT molecular complexity index is 429. The van der Waals surface area contributed by atoms with E-state index in [0.29, 0.717) is 0 Å². The van der Waals surface area contributed by atoms with Gasteiger partial charge in [0, 0.05) is 0 Å². The molecule has 0 aliphatic carbocycles. The molecule has 0 atom stereocenters. The Balaban J connectivity index is 2.59. The van der Waals surface area contributed by atoms with Crippen molar-refractivity contribution in [3.8, 4) is 0 Å². The Morgan fingerprint density at radius 2 is 2.00 bits per heavy atom. The molecule has 0 amide bonds. The fraction of sp³-hybridized carbons (Fsp3) is 0.364. The second kappa shape index (κ2) is 5.81. The zero-order chi connectivity index (χ0) is 13.8. The van der Waals surface area contributed by atoms with Crippen molar-refractivity contribution in [3.63, 3.8) is 0 Å². The van der Waals surface area contributed by atoms with Crippen LogP contribution in [-0.2, 0) is 11.3 Å². The second-order valence-corrected chi connectivity index (χ2v) is 3.52. The van der Waals surface area contributed by atoms with Crippen LogP contribution in [0, 0.1) is 5.82 Å². The van der Waals surface area contributed by atoms with Gasteiger partial charge in [-0.05, 0) is 17.7 Å². The largest absolute Gasteiger partial charge is 0.478 e. The van der Waals surface area contributed by atoms with Gasteiger partial charge in [0.05, 0.1) is 25.2 Å². The predicted molar refractivity (Wildman–Crippen MR) is 53.7 cm³/mol. The zero-order valence-corrected chi connectivity index (χ0v) is 9.13. The van der Waals surface area contributed by atoms with Crippen LogP contribution in [-0.4, -0.2) is 23.9 Å². The molecule has 0 saturated heterocycles. The molecule has 1 N–H and O–H groups in total. The number of aromatic carboxylic acids is 1. The zero-order valence-electron chi connectivity index (χ0n) is 9.13. The van der Waals surface area contributed by atoms with E-state index >= 15 is 0 Å². The number of carboxylic acids is 1. The van der Waals surface area contributed by atoms with Gasteiger partial charge >= 0.3 is 12.1 Å². The van der Waals surface area contributed by atoms with E-state index in [1.165, 1.54) is 6.07 Å². The number of ether oxygens (including phenoxy) is 1. The van der Waals surface area contributed by atoms with Gasteiger partial charge in [0.25, 0.3) is 0 Å². The summed E-state index contributed by atoms with van der Waals surface area (Å²) in [5.74, 6) is -2.09. The summed E-state index contributed by atoms with van der Waals surface area (Å²) in [6, 6.07) is 2.99. The van der Waals surface area contributed by atoms with Crippen molar-refractivity contribution < 1.29 is 32.2 Å². The summed E-state index contributed by atoms with van der Waals surface area (Å²) in [6.45, 7) is -0.877. The fourth-order valence-corrected chi connectivity index (χ4v) is 1.24. The number of alkyl halides is 3. The number of halogens is 4. The molecule has 1 rings (SSSR count).